The van der Waals surface area contributed by atoms with Crippen LogP contribution in [-0.4, -0.2) is 19.5 Å². The third-order valence-electron chi connectivity index (χ3n) is 4.55. The van der Waals surface area contributed by atoms with E-state index >= 15 is 0 Å². The van der Waals surface area contributed by atoms with Crippen molar-refractivity contribution in [3.05, 3.63) is 0 Å². The van der Waals surface area contributed by atoms with Gasteiger partial charge in [-0.25, -0.2) is 0 Å². The van der Waals surface area contributed by atoms with E-state index in [-0.39, 0.29) is 0 Å². The van der Waals surface area contributed by atoms with E-state index in [1.54, 1.807) is 0 Å². The highest BCUT2D eigenvalue weighted by atomic mass is 31.2. The van der Waals surface area contributed by atoms with Crippen LogP contribution in [0.1, 0.15) is 110 Å². The molecule has 0 spiro atoms. The smallest absolute Gasteiger partial charge is 0.310 e. The Morgan fingerprint density at radius 2 is 0.792 bits per heavy atom. The van der Waals surface area contributed by atoms with Gasteiger partial charge in [-0.2, -0.15) is 0 Å². The van der Waals surface area contributed by atoms with E-state index < -0.39 is 7.14 Å². The van der Waals surface area contributed by atoms with Crippen LogP contribution in [-0.2, 0) is 9.13 Å². The second-order valence-electron chi connectivity index (χ2n) is 7.60. The molecule has 0 radical (unpaired) electrons. The van der Waals surface area contributed by atoms with Gasteiger partial charge in [0.25, 0.3) is 0 Å². The first-order valence-corrected chi connectivity index (χ1v) is 13.6. The van der Waals surface area contributed by atoms with Gasteiger partial charge in [0.15, 0.2) is 0 Å². The molecular weight excluding hydrogens is 334 g/mol. The van der Waals surface area contributed by atoms with Crippen molar-refractivity contribution in [2.75, 3.05) is 19.5 Å². The Kier molecular flexibility index (Phi) is 23.7. The lowest BCUT2D eigenvalue weighted by atomic mass is 10.0. The van der Waals surface area contributed by atoms with Crippen molar-refractivity contribution in [1.82, 2.24) is 0 Å². The molecule has 2 nitrogen and oxygen atoms in total. The van der Waals surface area contributed by atoms with Crippen LogP contribution in [0.15, 0.2) is 0 Å². The molecule has 0 heterocycles. The van der Waals surface area contributed by atoms with Crippen molar-refractivity contribution in [2.45, 2.75) is 110 Å². The third-order valence-corrected chi connectivity index (χ3v) is 5.94. The number of hydrogen-bond acceptors (Lipinski definition) is 2. The molecule has 0 bridgehead atoms. The average Bonchev–Trinajstić information content (AvgIpc) is 2.55. The van der Waals surface area contributed by atoms with Crippen molar-refractivity contribution in [3.8, 4) is 0 Å². The molecule has 0 aromatic carbocycles. The summed E-state index contributed by atoms with van der Waals surface area (Å²) in [6, 6.07) is 0. The number of unbranched alkanes of at least 4 members (excludes halogenated alkanes) is 15. The maximum absolute atomic E-state index is 11.6. The second-order valence-corrected chi connectivity index (χ2v) is 11.2. The van der Waals surface area contributed by atoms with Gasteiger partial charge in [0.05, 0.1) is 7.14 Å². The molecule has 0 amide bonds. The predicted octanol–water partition coefficient (Wildman–Crippen LogP) is 8.08. The largest absolute Gasteiger partial charge is 0.324 e. The second kappa shape index (κ2) is 21.4. The van der Waals surface area contributed by atoms with Gasteiger partial charge in [-0.05, 0) is 19.8 Å². The lowest BCUT2D eigenvalue weighted by Crippen LogP contribution is -1.87. The predicted molar refractivity (Wildman–Crippen MR) is 114 cm³/mol. The van der Waals surface area contributed by atoms with E-state index in [4.69, 9.17) is 4.57 Å². The summed E-state index contributed by atoms with van der Waals surface area (Å²) in [5, 5.41) is 0. The standard InChI is InChI=1S/C20H43OP.H2OP/c1-4-5-6-7-8-9-10-11-12-13-14-15-16-17-18-19-20-22(2,3)21;1-2/h4-20H2,1-3H3;2H2/q;+1. The zero-order chi connectivity index (χ0) is 18.5. The number of rotatable bonds is 17. The van der Waals surface area contributed by atoms with Crippen molar-refractivity contribution in [1.29, 1.82) is 0 Å². The third kappa shape index (κ3) is 27.2. The van der Waals surface area contributed by atoms with Crippen LogP contribution in [0.25, 0.3) is 0 Å². The van der Waals surface area contributed by atoms with Gasteiger partial charge >= 0.3 is 9.12 Å². The first kappa shape index (κ1) is 26.6. The van der Waals surface area contributed by atoms with Crippen LogP contribution < -0.4 is 0 Å². The molecule has 24 heavy (non-hydrogen) atoms. The summed E-state index contributed by atoms with van der Waals surface area (Å²) in [6.45, 7) is 6.12. The molecule has 0 fully saturated rings. The van der Waals surface area contributed by atoms with E-state index in [0.717, 1.165) is 6.16 Å². The lowest BCUT2D eigenvalue weighted by molar-refractivity contribution is 0.531. The first-order chi connectivity index (χ1) is 11.6. The Balaban J connectivity index is 0. The zero-order valence-electron chi connectivity index (χ0n) is 16.9. The summed E-state index contributed by atoms with van der Waals surface area (Å²) in [5.74, 6) is 0. The highest BCUT2D eigenvalue weighted by Gasteiger charge is 2.05. The summed E-state index contributed by atoms with van der Waals surface area (Å²) in [5.41, 5.74) is 0. The van der Waals surface area contributed by atoms with Crippen LogP contribution in [0.3, 0.4) is 0 Å². The van der Waals surface area contributed by atoms with E-state index in [9.17, 15) is 4.57 Å². The number of hydrogen-bond donors (Lipinski definition) is 0. The van der Waals surface area contributed by atoms with Crippen LogP contribution in [0, 0.1) is 0 Å². The quantitative estimate of drug-likeness (QED) is 0.189. The van der Waals surface area contributed by atoms with E-state index in [2.05, 4.69) is 6.92 Å². The fourth-order valence-electron chi connectivity index (χ4n) is 3.04. The molecule has 1 atom stereocenters. The summed E-state index contributed by atoms with van der Waals surface area (Å²) >= 11 is 0. The van der Waals surface area contributed by atoms with Gasteiger partial charge in [0, 0.05) is 6.16 Å². The molecule has 4 heteroatoms. The molecular formula is C20H45O2P2+. The maximum Gasteiger partial charge on any atom is 0.310 e. The molecule has 0 aliphatic carbocycles. The molecule has 0 aliphatic heterocycles. The van der Waals surface area contributed by atoms with E-state index in [0.29, 0.717) is 0 Å². The summed E-state index contributed by atoms with van der Waals surface area (Å²) < 4.78 is 19.7. The topological polar surface area (TPSA) is 34.1 Å². The van der Waals surface area contributed by atoms with Gasteiger partial charge in [-0.1, -0.05) is 108 Å². The normalized spacial score (nSPS) is 11.1. The van der Waals surface area contributed by atoms with Crippen LogP contribution in [0.5, 0.6) is 0 Å². The highest BCUT2D eigenvalue weighted by Crippen LogP contribution is 2.36. The van der Waals surface area contributed by atoms with Crippen molar-refractivity contribution < 1.29 is 9.13 Å². The fraction of sp³-hybridized carbons (Fsp3) is 1.00. The average molecular weight is 380 g/mol. The SMILES string of the molecule is CCCCCCCCCCCCCCCCCCP(C)(C)=O.O=[PH2+]. The summed E-state index contributed by atoms with van der Waals surface area (Å²) in [6.07, 6.45) is 23.4. The summed E-state index contributed by atoms with van der Waals surface area (Å²) in [7, 11) is -0.587. The maximum atomic E-state index is 11.6. The lowest BCUT2D eigenvalue weighted by Gasteiger charge is -2.06. The Morgan fingerprint density at radius 1 is 0.542 bits per heavy atom. The molecule has 0 saturated heterocycles. The van der Waals surface area contributed by atoms with Gasteiger partial charge < -0.3 is 4.57 Å². The minimum Gasteiger partial charge on any atom is -0.324 e. The minimum absolute atomic E-state index is 0.950. The van der Waals surface area contributed by atoms with Crippen LogP contribution >= 0.6 is 16.3 Å². The van der Waals surface area contributed by atoms with Crippen molar-refractivity contribution >= 4 is 16.3 Å². The highest BCUT2D eigenvalue weighted by molar-refractivity contribution is 7.62. The van der Waals surface area contributed by atoms with Crippen molar-refractivity contribution in [3.63, 3.8) is 0 Å². The molecule has 0 aromatic heterocycles. The molecule has 146 valence electrons. The Labute approximate surface area is 155 Å². The molecule has 0 N–H and O–H groups in total. The fourth-order valence-corrected chi connectivity index (χ4v) is 4.03. The molecule has 0 aromatic rings. The van der Waals surface area contributed by atoms with E-state index in [1.807, 2.05) is 13.3 Å². The zero-order valence-corrected chi connectivity index (χ0v) is 18.9. The van der Waals surface area contributed by atoms with Crippen LogP contribution in [0.4, 0.5) is 0 Å². The molecule has 0 aliphatic rings. The molecule has 0 rings (SSSR count). The van der Waals surface area contributed by atoms with Gasteiger partial charge in [-0.3, -0.25) is 0 Å². The van der Waals surface area contributed by atoms with Gasteiger partial charge in [0.2, 0.25) is 0 Å². The Morgan fingerprint density at radius 3 is 1.04 bits per heavy atom. The summed E-state index contributed by atoms with van der Waals surface area (Å²) in [4.78, 5) is 0. The Hall–Kier alpha value is 0.330. The van der Waals surface area contributed by atoms with Gasteiger partial charge in [0.1, 0.15) is 0 Å². The van der Waals surface area contributed by atoms with E-state index in [1.165, 1.54) is 112 Å². The van der Waals surface area contributed by atoms with Gasteiger partial charge in [-0.15, -0.1) is 0 Å². The first-order valence-electron chi connectivity index (χ1n) is 10.3. The molecule has 0 saturated carbocycles. The van der Waals surface area contributed by atoms with Crippen LogP contribution in [0.2, 0.25) is 0 Å². The monoisotopic (exact) mass is 379 g/mol. The Bertz CT molecular complexity index is 277. The molecule has 1 unspecified atom stereocenters. The minimum atomic E-state index is -1.75. The van der Waals surface area contributed by atoms with Crippen molar-refractivity contribution in [2.24, 2.45) is 0 Å².